The van der Waals surface area contributed by atoms with Crippen molar-refractivity contribution in [3.05, 3.63) is 89.5 Å². The molecule has 8 nitrogen and oxygen atoms in total. The van der Waals surface area contributed by atoms with E-state index in [4.69, 9.17) is 10.5 Å². The first-order valence-electron chi connectivity index (χ1n) is 12.5. The number of rotatable bonds is 12. The molecule has 2 atom stereocenters. The molecule has 38 heavy (non-hydrogen) atoms. The summed E-state index contributed by atoms with van der Waals surface area (Å²) < 4.78 is 33.6. The van der Waals surface area contributed by atoms with Crippen LogP contribution in [0.4, 0.5) is 5.69 Å². The van der Waals surface area contributed by atoms with Crippen molar-refractivity contribution in [2.75, 3.05) is 25.9 Å². The second kappa shape index (κ2) is 12.9. The van der Waals surface area contributed by atoms with Crippen LogP contribution in [0, 0.1) is 12.8 Å². The molecule has 0 saturated heterocycles. The number of carbonyl (C=O) groups excluding carboxylic acids is 1. The average molecular weight is 540 g/mol. The van der Waals surface area contributed by atoms with Gasteiger partial charge in [-0.1, -0.05) is 50.2 Å². The van der Waals surface area contributed by atoms with Crippen LogP contribution < -0.4 is 15.8 Å². The maximum absolute atomic E-state index is 13.6. The van der Waals surface area contributed by atoms with Gasteiger partial charge in [-0.2, -0.15) is 4.31 Å². The van der Waals surface area contributed by atoms with Crippen molar-refractivity contribution in [3.63, 3.8) is 0 Å². The largest absolute Gasteiger partial charge is 0.497 e. The fourth-order valence-corrected chi connectivity index (χ4v) is 5.81. The fourth-order valence-electron chi connectivity index (χ4n) is 4.19. The van der Waals surface area contributed by atoms with Gasteiger partial charge in [-0.05, 0) is 66.8 Å². The first-order chi connectivity index (χ1) is 18.0. The van der Waals surface area contributed by atoms with Gasteiger partial charge >= 0.3 is 0 Å². The molecular weight excluding hydrogens is 502 g/mol. The molecule has 3 aromatic carbocycles. The van der Waals surface area contributed by atoms with Crippen LogP contribution in [0.5, 0.6) is 5.75 Å². The number of hydrogen-bond donors (Lipinski definition) is 3. The summed E-state index contributed by atoms with van der Waals surface area (Å²) >= 11 is 0. The third-order valence-electron chi connectivity index (χ3n) is 6.24. The van der Waals surface area contributed by atoms with Gasteiger partial charge in [0.15, 0.2) is 0 Å². The van der Waals surface area contributed by atoms with Gasteiger partial charge in [0.05, 0.1) is 24.2 Å². The molecular formula is C29H37N3O5S. The van der Waals surface area contributed by atoms with Crippen LogP contribution in [0.25, 0.3) is 0 Å². The Morgan fingerprint density at radius 2 is 1.68 bits per heavy atom. The number of hydrogen-bond acceptors (Lipinski definition) is 6. The molecule has 0 aromatic heterocycles. The Balaban J connectivity index is 1.90. The number of nitrogen functional groups attached to an aromatic ring is 1. The number of sulfonamides is 1. The molecule has 4 N–H and O–H groups in total. The lowest BCUT2D eigenvalue weighted by Crippen LogP contribution is -2.51. The molecule has 0 unspecified atom stereocenters. The lowest BCUT2D eigenvalue weighted by Gasteiger charge is -2.31. The van der Waals surface area contributed by atoms with Gasteiger partial charge in [0.1, 0.15) is 5.75 Å². The number of ether oxygens (including phenoxy) is 1. The van der Waals surface area contributed by atoms with Crippen molar-refractivity contribution in [1.82, 2.24) is 9.62 Å². The number of anilines is 1. The van der Waals surface area contributed by atoms with Crippen molar-refractivity contribution in [3.8, 4) is 5.75 Å². The number of aryl methyl sites for hydroxylation is 1. The average Bonchev–Trinajstić information content (AvgIpc) is 2.89. The predicted octanol–water partition coefficient (Wildman–Crippen LogP) is 3.63. The summed E-state index contributed by atoms with van der Waals surface area (Å²) in [6, 6.07) is 19.9. The van der Waals surface area contributed by atoms with E-state index in [0.29, 0.717) is 23.4 Å². The van der Waals surface area contributed by atoms with Crippen molar-refractivity contribution < 1.29 is 23.1 Å². The summed E-state index contributed by atoms with van der Waals surface area (Å²) in [7, 11) is -2.42. The molecule has 0 heterocycles. The van der Waals surface area contributed by atoms with E-state index in [9.17, 15) is 18.3 Å². The predicted molar refractivity (Wildman–Crippen MR) is 150 cm³/mol. The molecule has 0 saturated carbocycles. The van der Waals surface area contributed by atoms with E-state index in [2.05, 4.69) is 5.32 Å². The zero-order valence-corrected chi connectivity index (χ0v) is 23.1. The maximum atomic E-state index is 13.6. The van der Waals surface area contributed by atoms with Gasteiger partial charge in [0.25, 0.3) is 5.91 Å². The minimum atomic E-state index is -3.93. The zero-order chi connectivity index (χ0) is 27.9. The highest BCUT2D eigenvalue weighted by atomic mass is 32.2. The number of carbonyl (C=O) groups is 1. The van der Waals surface area contributed by atoms with Gasteiger partial charge in [-0.15, -0.1) is 0 Å². The summed E-state index contributed by atoms with van der Waals surface area (Å²) in [5.41, 5.74) is 8.40. The van der Waals surface area contributed by atoms with E-state index >= 15 is 0 Å². The molecule has 0 spiro atoms. The third kappa shape index (κ3) is 7.56. The molecule has 0 radical (unpaired) electrons. The second-order valence-corrected chi connectivity index (χ2v) is 11.7. The van der Waals surface area contributed by atoms with Crippen LogP contribution in [0.2, 0.25) is 0 Å². The number of nitrogens with two attached hydrogens (primary N) is 1. The molecule has 204 valence electrons. The monoisotopic (exact) mass is 539 g/mol. The Bertz CT molecular complexity index is 1310. The number of methoxy groups -OCH3 is 1. The maximum Gasteiger partial charge on any atom is 0.251 e. The van der Waals surface area contributed by atoms with E-state index in [1.165, 1.54) is 23.5 Å². The summed E-state index contributed by atoms with van der Waals surface area (Å²) in [5, 5.41) is 14.3. The van der Waals surface area contributed by atoms with E-state index in [1.54, 1.807) is 30.3 Å². The standard InChI is InChI=1S/C29H37N3O5S/c1-20(2)18-32(38(35,36)25-14-12-24(37-4)13-15-25)19-28(33)27(16-22-8-6-5-7-9-22)31-29(34)26-17-23(30)11-10-21(26)3/h5-15,17,20,27-28,33H,16,18-19,30H2,1-4H3,(H,31,34)/t27-,28+/m0/s1. The fraction of sp³-hybridized carbons (Fsp3) is 0.345. The van der Waals surface area contributed by atoms with Crippen molar-refractivity contribution in [2.24, 2.45) is 5.92 Å². The first-order valence-corrected chi connectivity index (χ1v) is 14.0. The number of aliphatic hydroxyl groups excluding tert-OH is 1. The Kier molecular flexibility index (Phi) is 9.90. The SMILES string of the molecule is COc1ccc(S(=O)(=O)N(CC(C)C)C[C@@H](O)[C@H](Cc2ccccc2)NC(=O)c2cc(N)ccc2C)cc1. The Hall–Kier alpha value is -3.40. The van der Waals surface area contributed by atoms with Crippen LogP contribution in [-0.4, -0.2) is 56.1 Å². The van der Waals surface area contributed by atoms with Crippen LogP contribution in [0.3, 0.4) is 0 Å². The minimum absolute atomic E-state index is 0.00679. The van der Waals surface area contributed by atoms with Crippen molar-refractivity contribution in [2.45, 2.75) is 44.2 Å². The molecule has 3 rings (SSSR count). The number of amides is 1. The minimum Gasteiger partial charge on any atom is -0.497 e. The van der Waals surface area contributed by atoms with E-state index in [0.717, 1.165) is 11.1 Å². The van der Waals surface area contributed by atoms with Crippen LogP contribution in [0.15, 0.2) is 77.7 Å². The van der Waals surface area contributed by atoms with E-state index < -0.39 is 22.2 Å². The van der Waals surface area contributed by atoms with Gasteiger partial charge in [-0.25, -0.2) is 8.42 Å². The van der Waals surface area contributed by atoms with Crippen molar-refractivity contribution in [1.29, 1.82) is 0 Å². The van der Waals surface area contributed by atoms with Crippen LogP contribution >= 0.6 is 0 Å². The summed E-state index contributed by atoms with van der Waals surface area (Å²) in [5.74, 6) is 0.164. The topological polar surface area (TPSA) is 122 Å². The molecule has 3 aromatic rings. The van der Waals surface area contributed by atoms with E-state index in [-0.39, 0.29) is 29.8 Å². The van der Waals surface area contributed by atoms with E-state index in [1.807, 2.05) is 51.1 Å². The molecule has 0 aliphatic carbocycles. The highest BCUT2D eigenvalue weighted by Gasteiger charge is 2.31. The Morgan fingerprint density at radius 3 is 2.29 bits per heavy atom. The first kappa shape index (κ1) is 29.2. The Labute approximate surface area is 225 Å². The van der Waals surface area contributed by atoms with Gasteiger partial charge in [0.2, 0.25) is 10.0 Å². The zero-order valence-electron chi connectivity index (χ0n) is 22.3. The smallest absolute Gasteiger partial charge is 0.251 e. The highest BCUT2D eigenvalue weighted by Crippen LogP contribution is 2.22. The molecule has 9 heteroatoms. The van der Waals surface area contributed by atoms with Gasteiger partial charge in [-0.3, -0.25) is 4.79 Å². The van der Waals surface area contributed by atoms with Crippen LogP contribution in [0.1, 0.15) is 35.3 Å². The quantitative estimate of drug-likeness (QED) is 0.302. The van der Waals surface area contributed by atoms with Crippen LogP contribution in [-0.2, 0) is 16.4 Å². The third-order valence-corrected chi connectivity index (χ3v) is 8.09. The molecule has 0 aliphatic heterocycles. The van der Waals surface area contributed by atoms with Gasteiger partial charge in [0, 0.05) is 24.3 Å². The molecule has 0 fully saturated rings. The lowest BCUT2D eigenvalue weighted by molar-refractivity contribution is 0.0775. The lowest BCUT2D eigenvalue weighted by atomic mass is 9.99. The number of nitrogens with one attached hydrogen (secondary N) is 1. The molecule has 0 bridgehead atoms. The Morgan fingerprint density at radius 1 is 1.03 bits per heavy atom. The molecule has 1 amide bonds. The number of benzene rings is 3. The normalized spacial score (nSPS) is 13.3. The number of aliphatic hydroxyl groups is 1. The summed E-state index contributed by atoms with van der Waals surface area (Å²) in [6.45, 7) is 5.64. The summed E-state index contributed by atoms with van der Waals surface area (Å²) in [6.07, 6.45) is -0.875. The summed E-state index contributed by atoms with van der Waals surface area (Å²) in [4.78, 5) is 13.3. The second-order valence-electron chi connectivity index (χ2n) is 9.80. The van der Waals surface area contributed by atoms with Gasteiger partial charge < -0.3 is 20.9 Å². The number of nitrogens with zero attached hydrogens (tertiary/aromatic N) is 1. The highest BCUT2D eigenvalue weighted by molar-refractivity contribution is 7.89. The van der Waals surface area contributed by atoms with Crippen molar-refractivity contribution >= 4 is 21.6 Å². The molecule has 0 aliphatic rings.